The number of carbonyl (C=O) groups is 1. The summed E-state index contributed by atoms with van der Waals surface area (Å²) in [5.74, 6) is 1.16. The van der Waals surface area contributed by atoms with Gasteiger partial charge in [-0.3, -0.25) is 4.79 Å². The van der Waals surface area contributed by atoms with Gasteiger partial charge < -0.3 is 15.4 Å². The normalized spacial score (nSPS) is 18.4. The largest absolute Gasteiger partial charge is 0.481 e. The fourth-order valence-electron chi connectivity index (χ4n) is 2.67. The standard InChI is InChI=1S/C17H26N2O2/c1-11(2)10-19-17(20)12(3)21-14-6-7-15-13(9-14)5-8-16(15)18-4/h6-7,9,11-12,16,18H,5,8,10H2,1-4H3,(H,19,20). The van der Waals surface area contributed by atoms with Gasteiger partial charge in [0.1, 0.15) is 5.75 Å². The summed E-state index contributed by atoms with van der Waals surface area (Å²) in [4.78, 5) is 11.9. The molecular weight excluding hydrogens is 264 g/mol. The molecule has 0 aliphatic heterocycles. The van der Waals surface area contributed by atoms with Crippen LogP contribution in [-0.2, 0) is 11.2 Å². The van der Waals surface area contributed by atoms with Gasteiger partial charge in [0, 0.05) is 12.6 Å². The molecule has 1 amide bonds. The molecule has 4 heteroatoms. The number of ether oxygens (including phenoxy) is 1. The van der Waals surface area contributed by atoms with E-state index in [9.17, 15) is 4.79 Å². The average Bonchev–Trinajstić information content (AvgIpc) is 2.86. The Labute approximate surface area is 127 Å². The smallest absolute Gasteiger partial charge is 0.260 e. The van der Waals surface area contributed by atoms with Crippen molar-refractivity contribution in [1.29, 1.82) is 0 Å². The summed E-state index contributed by atoms with van der Waals surface area (Å²) in [5.41, 5.74) is 2.67. The number of aryl methyl sites for hydroxylation is 1. The van der Waals surface area contributed by atoms with Crippen molar-refractivity contribution in [2.24, 2.45) is 5.92 Å². The number of rotatable bonds is 6. The van der Waals surface area contributed by atoms with Crippen molar-refractivity contribution in [3.8, 4) is 5.75 Å². The molecule has 0 radical (unpaired) electrons. The Morgan fingerprint density at radius 1 is 1.38 bits per heavy atom. The van der Waals surface area contributed by atoms with E-state index in [0.29, 0.717) is 18.5 Å². The topological polar surface area (TPSA) is 50.4 Å². The van der Waals surface area contributed by atoms with Crippen molar-refractivity contribution >= 4 is 5.91 Å². The molecule has 0 bridgehead atoms. The van der Waals surface area contributed by atoms with Gasteiger partial charge >= 0.3 is 0 Å². The molecule has 1 aromatic rings. The first-order valence-electron chi connectivity index (χ1n) is 7.75. The predicted octanol–water partition coefficient (Wildman–Crippen LogP) is 2.43. The second kappa shape index (κ2) is 6.94. The van der Waals surface area contributed by atoms with E-state index >= 15 is 0 Å². The highest BCUT2D eigenvalue weighted by Crippen LogP contribution is 2.33. The molecule has 0 saturated heterocycles. The molecule has 116 valence electrons. The lowest BCUT2D eigenvalue weighted by Gasteiger charge is -2.17. The van der Waals surface area contributed by atoms with Crippen LogP contribution in [0.3, 0.4) is 0 Å². The number of fused-ring (bicyclic) bond motifs is 1. The van der Waals surface area contributed by atoms with Crippen molar-refractivity contribution in [2.75, 3.05) is 13.6 Å². The Morgan fingerprint density at radius 3 is 2.81 bits per heavy atom. The zero-order valence-electron chi connectivity index (χ0n) is 13.4. The van der Waals surface area contributed by atoms with E-state index in [1.165, 1.54) is 11.1 Å². The molecule has 0 heterocycles. The number of amides is 1. The van der Waals surface area contributed by atoms with Crippen LogP contribution in [0.4, 0.5) is 0 Å². The molecular formula is C17H26N2O2. The van der Waals surface area contributed by atoms with E-state index in [4.69, 9.17) is 4.74 Å². The van der Waals surface area contributed by atoms with Crippen LogP contribution < -0.4 is 15.4 Å². The maximum Gasteiger partial charge on any atom is 0.260 e. The third-order valence-electron chi connectivity index (χ3n) is 3.91. The average molecular weight is 290 g/mol. The van der Waals surface area contributed by atoms with Gasteiger partial charge in [0.25, 0.3) is 5.91 Å². The molecule has 2 rings (SSSR count). The van der Waals surface area contributed by atoms with E-state index in [1.54, 1.807) is 6.92 Å². The fourth-order valence-corrected chi connectivity index (χ4v) is 2.67. The van der Waals surface area contributed by atoms with Gasteiger partial charge in [0.2, 0.25) is 0 Å². The van der Waals surface area contributed by atoms with Crippen molar-refractivity contribution in [3.05, 3.63) is 29.3 Å². The maximum absolute atomic E-state index is 11.9. The SMILES string of the molecule is CNC1CCc2cc(OC(C)C(=O)NCC(C)C)ccc21. The summed E-state index contributed by atoms with van der Waals surface area (Å²) in [6.07, 6.45) is 1.72. The molecule has 2 atom stereocenters. The van der Waals surface area contributed by atoms with Gasteiger partial charge in [-0.25, -0.2) is 0 Å². The lowest BCUT2D eigenvalue weighted by atomic mass is 10.1. The minimum atomic E-state index is -0.469. The quantitative estimate of drug-likeness (QED) is 0.846. The summed E-state index contributed by atoms with van der Waals surface area (Å²) in [6.45, 7) is 6.62. The van der Waals surface area contributed by atoms with Crippen molar-refractivity contribution in [2.45, 2.75) is 45.8 Å². The maximum atomic E-state index is 11.9. The minimum absolute atomic E-state index is 0.0581. The number of hydrogen-bond acceptors (Lipinski definition) is 3. The van der Waals surface area contributed by atoms with E-state index in [2.05, 4.69) is 36.6 Å². The van der Waals surface area contributed by atoms with Crippen molar-refractivity contribution in [1.82, 2.24) is 10.6 Å². The molecule has 0 spiro atoms. The molecule has 21 heavy (non-hydrogen) atoms. The van der Waals surface area contributed by atoms with Crippen LogP contribution in [0, 0.1) is 5.92 Å². The molecule has 1 aliphatic carbocycles. The molecule has 0 fully saturated rings. The first-order chi connectivity index (χ1) is 10.0. The van der Waals surface area contributed by atoms with Crippen molar-refractivity contribution in [3.63, 3.8) is 0 Å². The van der Waals surface area contributed by atoms with E-state index in [0.717, 1.165) is 18.6 Å². The first kappa shape index (κ1) is 15.8. The third-order valence-corrected chi connectivity index (χ3v) is 3.91. The summed E-state index contributed by atoms with van der Waals surface area (Å²) in [7, 11) is 1.99. The van der Waals surface area contributed by atoms with Gasteiger partial charge in [0.05, 0.1) is 0 Å². The molecule has 0 aromatic heterocycles. The van der Waals surface area contributed by atoms with Gasteiger partial charge in [-0.2, -0.15) is 0 Å². The first-order valence-corrected chi connectivity index (χ1v) is 7.75. The second-order valence-electron chi connectivity index (χ2n) is 6.14. The zero-order chi connectivity index (χ0) is 15.4. The summed E-state index contributed by atoms with van der Waals surface area (Å²) in [6, 6.07) is 6.58. The Hall–Kier alpha value is -1.55. The molecule has 4 nitrogen and oxygen atoms in total. The Kier molecular flexibility index (Phi) is 5.23. The molecule has 1 aromatic carbocycles. The summed E-state index contributed by atoms with van der Waals surface area (Å²) in [5, 5.41) is 6.22. The van der Waals surface area contributed by atoms with Crippen LogP contribution in [0.15, 0.2) is 18.2 Å². The predicted molar refractivity (Wildman–Crippen MR) is 84.5 cm³/mol. The van der Waals surface area contributed by atoms with Gasteiger partial charge in [-0.05, 0) is 56.0 Å². The molecule has 1 aliphatic rings. The number of nitrogens with one attached hydrogen (secondary N) is 2. The Balaban J connectivity index is 1.96. The molecule has 2 unspecified atom stereocenters. The van der Waals surface area contributed by atoms with Crippen LogP contribution in [0.5, 0.6) is 5.75 Å². The van der Waals surface area contributed by atoms with Crippen LogP contribution in [0.25, 0.3) is 0 Å². The van der Waals surface area contributed by atoms with Crippen LogP contribution >= 0.6 is 0 Å². The second-order valence-corrected chi connectivity index (χ2v) is 6.14. The summed E-state index contributed by atoms with van der Waals surface area (Å²) >= 11 is 0. The molecule has 0 saturated carbocycles. The van der Waals surface area contributed by atoms with Gasteiger partial charge in [-0.1, -0.05) is 19.9 Å². The summed E-state index contributed by atoms with van der Waals surface area (Å²) < 4.78 is 5.77. The van der Waals surface area contributed by atoms with Crippen LogP contribution in [0.1, 0.15) is 44.4 Å². The van der Waals surface area contributed by atoms with Gasteiger partial charge in [0.15, 0.2) is 6.10 Å². The lowest BCUT2D eigenvalue weighted by Crippen LogP contribution is -2.38. The van der Waals surface area contributed by atoms with E-state index in [1.807, 2.05) is 13.1 Å². The Bertz CT molecular complexity index is 500. The van der Waals surface area contributed by atoms with Crippen LogP contribution in [-0.4, -0.2) is 25.6 Å². The third kappa shape index (κ3) is 3.97. The minimum Gasteiger partial charge on any atom is -0.481 e. The zero-order valence-corrected chi connectivity index (χ0v) is 13.4. The van der Waals surface area contributed by atoms with Crippen LogP contribution in [0.2, 0.25) is 0 Å². The number of carbonyl (C=O) groups excluding carboxylic acids is 1. The molecule has 2 N–H and O–H groups in total. The highest BCUT2D eigenvalue weighted by molar-refractivity contribution is 5.80. The van der Waals surface area contributed by atoms with E-state index < -0.39 is 6.10 Å². The number of hydrogen-bond donors (Lipinski definition) is 2. The van der Waals surface area contributed by atoms with Gasteiger partial charge in [-0.15, -0.1) is 0 Å². The van der Waals surface area contributed by atoms with Crippen molar-refractivity contribution < 1.29 is 9.53 Å². The Morgan fingerprint density at radius 2 is 2.14 bits per heavy atom. The monoisotopic (exact) mass is 290 g/mol. The highest BCUT2D eigenvalue weighted by Gasteiger charge is 2.22. The fraction of sp³-hybridized carbons (Fsp3) is 0.588. The number of benzene rings is 1. The highest BCUT2D eigenvalue weighted by atomic mass is 16.5. The lowest BCUT2D eigenvalue weighted by molar-refractivity contribution is -0.127. The van der Waals surface area contributed by atoms with E-state index in [-0.39, 0.29) is 5.91 Å².